The van der Waals surface area contributed by atoms with Crippen molar-refractivity contribution in [2.24, 2.45) is 10.8 Å². The van der Waals surface area contributed by atoms with Gasteiger partial charge in [0.05, 0.1) is 5.41 Å². The van der Waals surface area contributed by atoms with Crippen molar-refractivity contribution in [1.82, 2.24) is 0 Å². The first-order valence-electron chi connectivity index (χ1n) is 11.6. The third-order valence-electron chi connectivity index (χ3n) is 7.75. The highest BCUT2D eigenvalue weighted by Gasteiger charge is 2.89. The Bertz CT molecular complexity index is 1530. The molecular formula is C30H21ClO4. The van der Waals surface area contributed by atoms with E-state index in [1.807, 2.05) is 43.3 Å². The minimum Gasteiger partial charge on any atom is -0.425 e. The van der Waals surface area contributed by atoms with E-state index in [0.29, 0.717) is 28.3 Å². The average molecular weight is 481 g/mol. The normalized spacial score (nSPS) is 24.3. The van der Waals surface area contributed by atoms with Crippen LogP contribution in [-0.2, 0) is 4.79 Å². The predicted molar refractivity (Wildman–Crippen MR) is 134 cm³/mol. The number of ketones is 2. The van der Waals surface area contributed by atoms with E-state index in [1.54, 1.807) is 54.6 Å². The number of esters is 1. The number of benzene rings is 4. The molecule has 2 aliphatic rings. The summed E-state index contributed by atoms with van der Waals surface area (Å²) < 4.78 is 5.87. The molecule has 35 heavy (non-hydrogen) atoms. The molecule has 172 valence electrons. The zero-order valence-corrected chi connectivity index (χ0v) is 19.7. The molecule has 3 atom stereocenters. The van der Waals surface area contributed by atoms with Crippen LogP contribution in [0.25, 0.3) is 10.8 Å². The van der Waals surface area contributed by atoms with E-state index in [-0.39, 0.29) is 11.6 Å². The van der Waals surface area contributed by atoms with Gasteiger partial charge in [0, 0.05) is 27.6 Å². The molecule has 1 fully saturated rings. The Morgan fingerprint density at radius 3 is 2.20 bits per heavy atom. The van der Waals surface area contributed by atoms with Crippen LogP contribution in [0, 0.1) is 10.8 Å². The van der Waals surface area contributed by atoms with E-state index >= 15 is 0 Å². The fourth-order valence-corrected chi connectivity index (χ4v) is 6.32. The number of hydrogen-bond acceptors (Lipinski definition) is 4. The van der Waals surface area contributed by atoms with Crippen LogP contribution in [0.3, 0.4) is 0 Å². The van der Waals surface area contributed by atoms with Crippen LogP contribution in [-0.4, -0.2) is 17.5 Å². The number of carbonyl (C=O) groups excluding carboxylic acids is 3. The number of fused-ring (bicyclic) bond motifs is 5. The highest BCUT2D eigenvalue weighted by Crippen LogP contribution is 2.81. The second-order valence-corrected chi connectivity index (χ2v) is 9.62. The van der Waals surface area contributed by atoms with Gasteiger partial charge in [-0.05, 0) is 47.5 Å². The largest absolute Gasteiger partial charge is 0.425 e. The maximum atomic E-state index is 14.3. The Balaban J connectivity index is 1.65. The molecule has 0 aromatic heterocycles. The molecule has 1 saturated carbocycles. The molecule has 0 radical (unpaired) electrons. The topological polar surface area (TPSA) is 60.4 Å². The molecule has 0 saturated heterocycles. The number of rotatable bonds is 5. The summed E-state index contributed by atoms with van der Waals surface area (Å²) in [5.74, 6) is -1.52. The Kier molecular flexibility index (Phi) is 4.74. The molecule has 1 aliphatic carbocycles. The average Bonchev–Trinajstić information content (AvgIpc) is 3.54. The first-order valence-corrected chi connectivity index (χ1v) is 12.0. The Morgan fingerprint density at radius 2 is 1.49 bits per heavy atom. The summed E-state index contributed by atoms with van der Waals surface area (Å²) in [5, 5.41) is 2.35. The Morgan fingerprint density at radius 1 is 0.829 bits per heavy atom. The second kappa shape index (κ2) is 7.62. The summed E-state index contributed by atoms with van der Waals surface area (Å²) in [6.45, 7) is 1.87. The molecular weight excluding hydrogens is 460 g/mol. The van der Waals surface area contributed by atoms with Crippen LogP contribution in [0.4, 0.5) is 0 Å². The molecule has 4 aromatic carbocycles. The summed E-state index contributed by atoms with van der Waals surface area (Å²) >= 11 is 6.08. The van der Waals surface area contributed by atoms with Gasteiger partial charge in [0.2, 0.25) is 0 Å². The zero-order chi connectivity index (χ0) is 24.4. The molecule has 4 nitrogen and oxygen atoms in total. The Labute approximate surface area is 207 Å². The second-order valence-electron chi connectivity index (χ2n) is 9.19. The minimum absolute atomic E-state index is 0.247. The lowest BCUT2D eigenvalue weighted by Crippen LogP contribution is -2.39. The van der Waals surface area contributed by atoms with E-state index in [2.05, 4.69) is 0 Å². The molecule has 0 N–H and O–H groups in total. The van der Waals surface area contributed by atoms with E-state index in [1.165, 1.54) is 0 Å². The lowest BCUT2D eigenvalue weighted by molar-refractivity contribution is -0.140. The van der Waals surface area contributed by atoms with Crippen LogP contribution < -0.4 is 4.74 Å². The van der Waals surface area contributed by atoms with Gasteiger partial charge in [0.1, 0.15) is 5.75 Å². The van der Waals surface area contributed by atoms with Crippen molar-refractivity contribution in [3.8, 4) is 5.75 Å². The van der Waals surface area contributed by atoms with Crippen molar-refractivity contribution in [2.75, 3.05) is 0 Å². The first-order chi connectivity index (χ1) is 17.0. The summed E-state index contributed by atoms with van der Waals surface area (Å²) in [5.41, 5.74) is -1.37. The first kappa shape index (κ1) is 21.8. The predicted octanol–water partition coefficient (Wildman–Crippen LogP) is 6.66. The van der Waals surface area contributed by atoms with Crippen molar-refractivity contribution in [1.29, 1.82) is 0 Å². The van der Waals surface area contributed by atoms with E-state index in [4.69, 9.17) is 16.3 Å². The standard InChI is InChI=1S/C30H21ClO4/c1-2-29(26(32)20-12-15-21(31)16-13-20)25-24-22-11-7-6-8-18(22)14-17-23(24)35-28(34)30(25,29)27(33)19-9-4-3-5-10-19/h3-17,25H,2H2,1H3/t25-,29-,30-/m0/s1. The van der Waals surface area contributed by atoms with Crippen molar-refractivity contribution in [3.05, 3.63) is 113 Å². The molecule has 6 rings (SSSR count). The molecule has 0 amide bonds. The molecule has 0 bridgehead atoms. The molecule has 5 heteroatoms. The summed E-state index contributed by atoms with van der Waals surface area (Å²) in [4.78, 5) is 42.3. The van der Waals surface area contributed by atoms with Gasteiger partial charge < -0.3 is 4.74 Å². The van der Waals surface area contributed by atoms with E-state index in [0.717, 1.165) is 16.3 Å². The van der Waals surface area contributed by atoms with Crippen molar-refractivity contribution in [3.63, 3.8) is 0 Å². The van der Waals surface area contributed by atoms with Gasteiger partial charge in [-0.15, -0.1) is 0 Å². The number of halogens is 1. The fraction of sp³-hybridized carbons (Fsp3) is 0.167. The van der Waals surface area contributed by atoms with E-state index < -0.39 is 22.7 Å². The van der Waals surface area contributed by atoms with Gasteiger partial charge in [-0.3, -0.25) is 14.4 Å². The molecule has 4 aromatic rings. The van der Waals surface area contributed by atoms with E-state index in [9.17, 15) is 14.4 Å². The third kappa shape index (κ3) is 2.72. The maximum Gasteiger partial charge on any atom is 0.327 e. The lowest BCUT2D eigenvalue weighted by atomic mass is 9.79. The maximum absolute atomic E-state index is 14.3. The van der Waals surface area contributed by atoms with Crippen LogP contribution in [0.5, 0.6) is 5.75 Å². The molecule has 1 aliphatic heterocycles. The van der Waals surface area contributed by atoms with Gasteiger partial charge in [-0.1, -0.05) is 79.2 Å². The number of carbonyl (C=O) groups is 3. The van der Waals surface area contributed by atoms with Gasteiger partial charge in [0.15, 0.2) is 17.0 Å². The number of ether oxygens (including phenoxy) is 1. The van der Waals surface area contributed by atoms with Crippen LogP contribution in [0.15, 0.2) is 91.0 Å². The monoisotopic (exact) mass is 480 g/mol. The Hall–Kier alpha value is -3.76. The molecule has 0 spiro atoms. The lowest BCUT2D eigenvalue weighted by Gasteiger charge is -2.24. The van der Waals surface area contributed by atoms with Gasteiger partial charge in [-0.25, -0.2) is 0 Å². The quantitative estimate of drug-likeness (QED) is 0.139. The van der Waals surface area contributed by atoms with Crippen LogP contribution in [0.1, 0.15) is 45.5 Å². The van der Waals surface area contributed by atoms with Gasteiger partial charge >= 0.3 is 5.97 Å². The fourth-order valence-electron chi connectivity index (χ4n) is 6.20. The third-order valence-corrected chi connectivity index (χ3v) is 8.01. The summed E-state index contributed by atoms with van der Waals surface area (Å²) in [6, 6.07) is 26.7. The number of Topliss-reactive ketones (excluding diaryl/α,β-unsaturated/α-hetero) is 2. The van der Waals surface area contributed by atoms with Gasteiger partial charge in [0.25, 0.3) is 0 Å². The zero-order valence-electron chi connectivity index (χ0n) is 19.0. The minimum atomic E-state index is -1.64. The van der Waals surface area contributed by atoms with Crippen molar-refractivity contribution < 1.29 is 19.1 Å². The van der Waals surface area contributed by atoms with Crippen LogP contribution >= 0.6 is 11.6 Å². The number of hydrogen-bond donors (Lipinski definition) is 0. The summed E-state index contributed by atoms with van der Waals surface area (Å²) in [6.07, 6.45) is 0.301. The molecule has 1 heterocycles. The highest BCUT2D eigenvalue weighted by atomic mass is 35.5. The molecule has 0 unspecified atom stereocenters. The van der Waals surface area contributed by atoms with Crippen LogP contribution in [0.2, 0.25) is 5.02 Å². The summed E-state index contributed by atoms with van der Waals surface area (Å²) in [7, 11) is 0. The smallest absolute Gasteiger partial charge is 0.327 e. The SMILES string of the molecule is CC[C@@]1(C(=O)c2ccc(Cl)cc2)[C@@H]2c3c(ccc4ccccc34)OC(=O)[C@@]21C(=O)c1ccccc1. The van der Waals surface area contributed by atoms with Crippen molar-refractivity contribution in [2.45, 2.75) is 19.3 Å². The van der Waals surface area contributed by atoms with Crippen molar-refractivity contribution >= 4 is 39.9 Å². The van der Waals surface area contributed by atoms with Gasteiger partial charge in [-0.2, -0.15) is 0 Å². The highest BCUT2D eigenvalue weighted by molar-refractivity contribution is 6.31.